The van der Waals surface area contributed by atoms with Crippen molar-refractivity contribution in [1.82, 2.24) is 4.90 Å². The van der Waals surface area contributed by atoms with Gasteiger partial charge in [-0.3, -0.25) is 4.79 Å². The van der Waals surface area contributed by atoms with Crippen LogP contribution in [0.5, 0.6) is 11.5 Å². The Bertz CT molecular complexity index is 1170. The highest BCUT2D eigenvalue weighted by atomic mass is 19.1. The van der Waals surface area contributed by atoms with Crippen LogP contribution < -0.4 is 9.47 Å². The second-order valence-corrected chi connectivity index (χ2v) is 7.69. The van der Waals surface area contributed by atoms with E-state index < -0.39 is 5.82 Å². The fourth-order valence-electron chi connectivity index (χ4n) is 3.85. The maximum absolute atomic E-state index is 14.3. The summed E-state index contributed by atoms with van der Waals surface area (Å²) in [6.07, 6.45) is 0.185. The molecule has 0 aromatic heterocycles. The van der Waals surface area contributed by atoms with Gasteiger partial charge in [-0.25, -0.2) is 4.39 Å². The first-order valence-corrected chi connectivity index (χ1v) is 10.4. The van der Waals surface area contributed by atoms with Gasteiger partial charge in [0.25, 0.3) is 5.91 Å². The minimum Gasteiger partial charge on any atom is -0.454 e. The van der Waals surface area contributed by atoms with E-state index in [0.717, 1.165) is 16.8 Å². The fourth-order valence-corrected chi connectivity index (χ4v) is 3.85. The summed E-state index contributed by atoms with van der Waals surface area (Å²) in [5.74, 6) is 0.454. The van der Waals surface area contributed by atoms with E-state index in [9.17, 15) is 9.18 Å². The highest BCUT2D eigenvalue weighted by molar-refractivity contribution is 6.02. The molecular weight excluding hydrogens is 411 g/mol. The topological polar surface area (TPSA) is 60.4 Å². The van der Waals surface area contributed by atoms with E-state index in [1.165, 1.54) is 12.1 Å². The fraction of sp³-hybridized carbons (Fsp3) is 0.200. The largest absolute Gasteiger partial charge is 0.454 e. The summed E-state index contributed by atoms with van der Waals surface area (Å²) in [5.41, 5.74) is 2.64. The molecule has 2 heterocycles. The number of rotatable bonds is 6. The van der Waals surface area contributed by atoms with Crippen LogP contribution in [0.3, 0.4) is 0 Å². The molecule has 0 aliphatic carbocycles. The van der Waals surface area contributed by atoms with Gasteiger partial charge in [-0.15, -0.1) is 0 Å². The van der Waals surface area contributed by atoms with Crippen molar-refractivity contribution in [2.24, 2.45) is 5.16 Å². The van der Waals surface area contributed by atoms with Gasteiger partial charge in [-0.1, -0.05) is 47.6 Å². The molecule has 0 saturated carbocycles. The molecule has 3 aromatic carbocycles. The normalized spacial score (nSPS) is 16.4. The van der Waals surface area contributed by atoms with Crippen LogP contribution in [0.2, 0.25) is 0 Å². The highest BCUT2D eigenvalue weighted by Crippen LogP contribution is 2.33. The number of benzene rings is 3. The van der Waals surface area contributed by atoms with Crippen molar-refractivity contribution in [3.63, 3.8) is 0 Å². The second kappa shape index (κ2) is 8.70. The average Bonchev–Trinajstić information content (AvgIpc) is 3.48. The summed E-state index contributed by atoms with van der Waals surface area (Å²) >= 11 is 0. The highest BCUT2D eigenvalue weighted by Gasteiger charge is 2.29. The minimum absolute atomic E-state index is 0.0401. The maximum atomic E-state index is 14.3. The average molecular weight is 432 g/mol. The Morgan fingerprint density at radius 3 is 2.62 bits per heavy atom. The van der Waals surface area contributed by atoms with Crippen LogP contribution in [0.4, 0.5) is 4.39 Å². The first-order valence-electron chi connectivity index (χ1n) is 10.4. The van der Waals surface area contributed by atoms with Crippen LogP contribution in [0.25, 0.3) is 0 Å². The van der Waals surface area contributed by atoms with Crippen molar-refractivity contribution in [1.29, 1.82) is 0 Å². The van der Waals surface area contributed by atoms with Gasteiger partial charge >= 0.3 is 0 Å². The van der Waals surface area contributed by atoms with Gasteiger partial charge in [0.1, 0.15) is 5.82 Å². The third kappa shape index (κ3) is 4.14. The molecule has 1 unspecified atom stereocenters. The van der Waals surface area contributed by atoms with Crippen LogP contribution in [-0.4, -0.2) is 36.0 Å². The molecule has 5 rings (SSSR count). The van der Waals surface area contributed by atoms with Crippen LogP contribution in [-0.2, 0) is 11.4 Å². The minimum atomic E-state index is -0.541. The second-order valence-electron chi connectivity index (χ2n) is 7.69. The van der Waals surface area contributed by atoms with E-state index in [0.29, 0.717) is 24.5 Å². The molecule has 1 amide bonds. The van der Waals surface area contributed by atoms with Gasteiger partial charge in [0, 0.05) is 18.5 Å². The number of nitrogens with zero attached hydrogens (tertiary/aromatic N) is 2. The molecule has 0 radical (unpaired) electrons. The smallest absolute Gasteiger partial charge is 0.257 e. The van der Waals surface area contributed by atoms with Crippen LogP contribution >= 0.6 is 0 Å². The number of amides is 1. The summed E-state index contributed by atoms with van der Waals surface area (Å²) in [5, 5.41) is 4.23. The van der Waals surface area contributed by atoms with Gasteiger partial charge in [-0.2, -0.15) is 0 Å². The predicted molar refractivity (Wildman–Crippen MR) is 116 cm³/mol. The lowest BCUT2D eigenvalue weighted by Gasteiger charge is -2.25. The van der Waals surface area contributed by atoms with Crippen LogP contribution in [0.1, 0.15) is 27.9 Å². The number of hydrogen-bond donors (Lipinski definition) is 0. The summed E-state index contributed by atoms with van der Waals surface area (Å²) in [4.78, 5) is 20.5. The molecule has 0 bridgehead atoms. The monoisotopic (exact) mass is 432 g/mol. The third-order valence-corrected chi connectivity index (χ3v) is 5.47. The summed E-state index contributed by atoms with van der Waals surface area (Å²) in [7, 11) is 0. The zero-order valence-electron chi connectivity index (χ0n) is 17.2. The molecule has 3 aromatic rings. The van der Waals surface area contributed by atoms with E-state index in [1.54, 1.807) is 17.0 Å². The Kier molecular flexibility index (Phi) is 5.46. The molecule has 7 heteroatoms. The van der Waals surface area contributed by atoms with Crippen LogP contribution in [0, 0.1) is 5.82 Å². The Hall–Kier alpha value is -3.87. The summed E-state index contributed by atoms with van der Waals surface area (Å²) in [6, 6.07) is 21.3. The Labute approximate surface area is 184 Å². The van der Waals surface area contributed by atoms with E-state index in [2.05, 4.69) is 5.16 Å². The number of fused-ring (bicyclic) bond motifs is 1. The zero-order valence-corrected chi connectivity index (χ0v) is 17.2. The third-order valence-electron chi connectivity index (χ3n) is 5.47. The standard InChI is InChI=1S/C25H21FN2O4/c26-21-9-5-4-8-20(21)25(29)28(14-17-6-2-1-3-7-17)15-19-13-22(27-32-19)18-10-11-23-24(12-18)31-16-30-23/h1-12,19H,13-16H2. The van der Waals surface area contributed by atoms with Crippen molar-refractivity contribution in [2.75, 3.05) is 13.3 Å². The van der Waals surface area contributed by atoms with E-state index >= 15 is 0 Å². The molecule has 6 nitrogen and oxygen atoms in total. The molecule has 2 aliphatic heterocycles. The zero-order chi connectivity index (χ0) is 21.9. The van der Waals surface area contributed by atoms with Crippen molar-refractivity contribution < 1.29 is 23.5 Å². The van der Waals surface area contributed by atoms with E-state index in [4.69, 9.17) is 14.3 Å². The number of halogens is 1. The molecule has 1 atom stereocenters. The maximum Gasteiger partial charge on any atom is 0.257 e. The van der Waals surface area contributed by atoms with Gasteiger partial charge in [0.2, 0.25) is 6.79 Å². The summed E-state index contributed by atoms with van der Waals surface area (Å²) < 4.78 is 25.1. The van der Waals surface area contributed by atoms with E-state index in [1.807, 2.05) is 48.5 Å². The van der Waals surface area contributed by atoms with Gasteiger partial charge in [0.15, 0.2) is 17.6 Å². The lowest BCUT2D eigenvalue weighted by Crippen LogP contribution is -2.37. The Morgan fingerprint density at radius 2 is 1.78 bits per heavy atom. The quantitative estimate of drug-likeness (QED) is 0.580. The van der Waals surface area contributed by atoms with Crippen molar-refractivity contribution in [3.8, 4) is 11.5 Å². The SMILES string of the molecule is O=C(c1ccccc1F)N(Cc1ccccc1)CC1CC(c2ccc3c(c2)OCO3)=NO1. The predicted octanol–water partition coefficient (Wildman–Crippen LogP) is 4.39. The molecule has 162 valence electrons. The van der Waals surface area contributed by atoms with Gasteiger partial charge < -0.3 is 19.2 Å². The number of carbonyl (C=O) groups excluding carboxylic acids is 1. The van der Waals surface area contributed by atoms with Gasteiger partial charge in [-0.05, 0) is 35.9 Å². The van der Waals surface area contributed by atoms with Gasteiger partial charge in [0.05, 0.1) is 17.8 Å². The molecule has 0 N–H and O–H groups in total. The van der Waals surface area contributed by atoms with E-state index in [-0.39, 0.29) is 30.9 Å². The number of carbonyl (C=O) groups is 1. The number of oxime groups is 1. The molecule has 32 heavy (non-hydrogen) atoms. The first-order chi connectivity index (χ1) is 15.7. The number of hydrogen-bond acceptors (Lipinski definition) is 5. The lowest BCUT2D eigenvalue weighted by atomic mass is 10.0. The molecule has 0 spiro atoms. The first kappa shape index (κ1) is 20.1. The molecule has 0 fully saturated rings. The van der Waals surface area contributed by atoms with Crippen molar-refractivity contribution in [2.45, 2.75) is 19.1 Å². The molecule has 2 aliphatic rings. The lowest BCUT2D eigenvalue weighted by molar-refractivity contribution is 0.0402. The Balaban J connectivity index is 1.33. The molecular formula is C25H21FN2O4. The Morgan fingerprint density at radius 1 is 1.00 bits per heavy atom. The summed E-state index contributed by atoms with van der Waals surface area (Å²) in [6.45, 7) is 0.823. The van der Waals surface area contributed by atoms with Crippen molar-refractivity contribution in [3.05, 3.63) is 95.3 Å². The van der Waals surface area contributed by atoms with Crippen molar-refractivity contribution >= 4 is 11.6 Å². The molecule has 0 saturated heterocycles. The van der Waals surface area contributed by atoms with Crippen LogP contribution in [0.15, 0.2) is 78.0 Å². The number of ether oxygens (including phenoxy) is 2.